The summed E-state index contributed by atoms with van der Waals surface area (Å²) < 4.78 is 1.07. The van der Waals surface area contributed by atoms with Crippen LogP contribution in [-0.4, -0.2) is 18.6 Å². The first-order chi connectivity index (χ1) is 9.54. The molecule has 20 heavy (non-hydrogen) atoms. The van der Waals surface area contributed by atoms with Gasteiger partial charge in [-0.15, -0.1) is 0 Å². The number of fused-ring (bicyclic) bond motifs is 6. The van der Waals surface area contributed by atoms with Crippen molar-refractivity contribution in [3.63, 3.8) is 0 Å². The molecule has 0 saturated carbocycles. The van der Waals surface area contributed by atoms with Gasteiger partial charge < -0.3 is 4.48 Å². The lowest BCUT2D eigenvalue weighted by Crippen LogP contribution is -2.53. The smallest absolute Gasteiger partial charge is 0.127 e. The van der Waals surface area contributed by atoms with Crippen LogP contribution >= 0.6 is 0 Å². The van der Waals surface area contributed by atoms with Crippen molar-refractivity contribution in [1.29, 1.82) is 0 Å². The average Bonchev–Trinajstić information content (AvgIpc) is 2.53. The molecule has 0 saturated heterocycles. The van der Waals surface area contributed by atoms with E-state index in [4.69, 9.17) is 0 Å². The summed E-state index contributed by atoms with van der Waals surface area (Å²) in [5, 5.41) is 0. The molecule has 0 N–H and O–H groups in total. The summed E-state index contributed by atoms with van der Waals surface area (Å²) in [6.45, 7) is 2.45. The zero-order valence-electron chi connectivity index (χ0n) is 12.6. The van der Waals surface area contributed by atoms with Crippen molar-refractivity contribution in [1.82, 2.24) is 0 Å². The van der Waals surface area contributed by atoms with Crippen molar-refractivity contribution < 1.29 is 4.48 Å². The van der Waals surface area contributed by atoms with Crippen LogP contribution in [0.15, 0.2) is 48.5 Å². The van der Waals surface area contributed by atoms with Crippen LogP contribution in [0.1, 0.15) is 35.2 Å². The second-order valence-corrected chi connectivity index (χ2v) is 7.07. The first-order valence-electron chi connectivity index (χ1n) is 7.54. The SMILES string of the molecule is C[C@]12Cc3ccccc3C[C@H](c3ccccc31)[N+]2(C)C. The summed E-state index contributed by atoms with van der Waals surface area (Å²) in [5.74, 6) is 0. The number of rotatable bonds is 0. The number of likely N-dealkylation sites (N-methyl/N-ethyl adjacent to an activating group) is 1. The van der Waals surface area contributed by atoms with Crippen molar-refractivity contribution in [3.05, 3.63) is 70.8 Å². The lowest BCUT2D eigenvalue weighted by atomic mass is 9.82. The van der Waals surface area contributed by atoms with Crippen LogP contribution in [0, 0.1) is 0 Å². The van der Waals surface area contributed by atoms with Crippen LogP contribution in [0.5, 0.6) is 0 Å². The van der Waals surface area contributed by atoms with E-state index in [0.29, 0.717) is 6.04 Å². The molecule has 2 aliphatic rings. The fraction of sp³-hybridized carbons (Fsp3) is 0.368. The zero-order valence-corrected chi connectivity index (χ0v) is 12.6. The topological polar surface area (TPSA) is 0 Å². The molecule has 2 bridgehead atoms. The van der Waals surface area contributed by atoms with Gasteiger partial charge in [0.25, 0.3) is 0 Å². The van der Waals surface area contributed by atoms with Gasteiger partial charge in [0.2, 0.25) is 0 Å². The van der Waals surface area contributed by atoms with E-state index >= 15 is 0 Å². The maximum atomic E-state index is 2.45. The molecule has 0 aromatic heterocycles. The largest absolute Gasteiger partial charge is 0.313 e. The Hall–Kier alpha value is -1.60. The van der Waals surface area contributed by atoms with Gasteiger partial charge in [-0.1, -0.05) is 48.5 Å². The molecule has 2 heterocycles. The number of hydrogen-bond donors (Lipinski definition) is 0. The molecule has 1 heteroatoms. The molecule has 2 aromatic rings. The third-order valence-electron chi connectivity index (χ3n) is 6.02. The second kappa shape index (κ2) is 3.73. The van der Waals surface area contributed by atoms with Crippen molar-refractivity contribution in [2.75, 3.05) is 14.1 Å². The molecule has 2 aliphatic heterocycles. The van der Waals surface area contributed by atoms with Gasteiger partial charge in [-0.05, 0) is 18.1 Å². The van der Waals surface area contributed by atoms with E-state index in [1.807, 2.05) is 0 Å². The second-order valence-electron chi connectivity index (χ2n) is 7.07. The fourth-order valence-corrected chi connectivity index (χ4v) is 4.43. The first kappa shape index (κ1) is 12.2. The summed E-state index contributed by atoms with van der Waals surface area (Å²) in [5.41, 5.74) is 6.40. The molecule has 1 nitrogen and oxygen atoms in total. The Morgan fingerprint density at radius 2 is 1.60 bits per heavy atom. The van der Waals surface area contributed by atoms with E-state index in [2.05, 4.69) is 69.6 Å². The molecule has 0 spiro atoms. The molecule has 2 atom stereocenters. The maximum Gasteiger partial charge on any atom is 0.127 e. The molecule has 2 aromatic carbocycles. The van der Waals surface area contributed by atoms with E-state index in [1.165, 1.54) is 0 Å². The van der Waals surface area contributed by atoms with Crippen molar-refractivity contribution in [2.45, 2.75) is 31.3 Å². The Bertz CT molecular complexity index is 686. The minimum Gasteiger partial charge on any atom is -0.313 e. The lowest BCUT2D eigenvalue weighted by Gasteiger charge is -2.44. The van der Waals surface area contributed by atoms with Gasteiger partial charge in [0, 0.05) is 24.0 Å². The Labute approximate surface area is 121 Å². The van der Waals surface area contributed by atoms with Crippen LogP contribution in [-0.2, 0) is 18.4 Å². The minimum absolute atomic E-state index is 0.188. The fourth-order valence-electron chi connectivity index (χ4n) is 4.43. The highest BCUT2D eigenvalue weighted by atomic mass is 15.4. The number of hydrogen-bond acceptors (Lipinski definition) is 0. The molecule has 0 aliphatic carbocycles. The highest BCUT2D eigenvalue weighted by molar-refractivity contribution is 5.43. The number of nitrogens with zero attached hydrogens (tertiary/aromatic N) is 1. The van der Waals surface area contributed by atoms with Crippen LogP contribution in [0.3, 0.4) is 0 Å². The predicted molar refractivity (Wildman–Crippen MR) is 82.5 cm³/mol. The third-order valence-corrected chi connectivity index (χ3v) is 6.02. The average molecular weight is 264 g/mol. The van der Waals surface area contributed by atoms with Gasteiger partial charge in [0.05, 0.1) is 14.1 Å². The molecule has 4 rings (SSSR count). The monoisotopic (exact) mass is 264 g/mol. The Kier molecular flexibility index (Phi) is 2.27. The van der Waals surface area contributed by atoms with Crippen molar-refractivity contribution in [2.24, 2.45) is 0 Å². The summed E-state index contributed by atoms with van der Waals surface area (Å²) in [6, 6.07) is 18.7. The van der Waals surface area contributed by atoms with Crippen molar-refractivity contribution >= 4 is 0 Å². The highest BCUT2D eigenvalue weighted by Gasteiger charge is 2.57. The number of quaternary nitrogens is 1. The van der Waals surface area contributed by atoms with Crippen LogP contribution in [0.2, 0.25) is 0 Å². The molecule has 0 radical (unpaired) electrons. The number of benzene rings is 2. The maximum absolute atomic E-state index is 2.45. The van der Waals surface area contributed by atoms with E-state index in [-0.39, 0.29) is 5.54 Å². The summed E-state index contributed by atoms with van der Waals surface area (Å²) >= 11 is 0. The summed E-state index contributed by atoms with van der Waals surface area (Å²) in [7, 11) is 4.83. The van der Waals surface area contributed by atoms with Gasteiger partial charge in [0.15, 0.2) is 0 Å². The molecule has 0 fully saturated rings. The van der Waals surface area contributed by atoms with E-state index in [1.54, 1.807) is 22.3 Å². The highest BCUT2D eigenvalue weighted by Crippen LogP contribution is 2.54. The van der Waals surface area contributed by atoms with E-state index in [0.717, 1.165) is 17.3 Å². The van der Waals surface area contributed by atoms with Gasteiger partial charge >= 0.3 is 0 Å². The quantitative estimate of drug-likeness (QED) is 0.634. The standard InChI is InChI=1S/C19H22N/c1-19-13-15-9-5-4-8-14(15)12-18(20(19,2)3)16-10-6-7-11-17(16)19/h4-11,18H,12-13H2,1-3H3/q+1/t18-,19+/m1/s1. The summed E-state index contributed by atoms with van der Waals surface area (Å²) in [6.07, 6.45) is 2.31. The van der Waals surface area contributed by atoms with Gasteiger partial charge in [-0.3, -0.25) is 0 Å². The molecule has 0 amide bonds. The van der Waals surface area contributed by atoms with Gasteiger partial charge in [-0.25, -0.2) is 0 Å². The minimum atomic E-state index is 0.188. The van der Waals surface area contributed by atoms with E-state index < -0.39 is 0 Å². The van der Waals surface area contributed by atoms with E-state index in [9.17, 15) is 0 Å². The Morgan fingerprint density at radius 1 is 0.950 bits per heavy atom. The molecular weight excluding hydrogens is 242 g/mol. The van der Waals surface area contributed by atoms with Crippen LogP contribution < -0.4 is 0 Å². The Balaban J connectivity index is 2.00. The zero-order chi connectivity index (χ0) is 14.0. The summed E-state index contributed by atoms with van der Waals surface area (Å²) in [4.78, 5) is 0. The van der Waals surface area contributed by atoms with Gasteiger partial charge in [-0.2, -0.15) is 0 Å². The van der Waals surface area contributed by atoms with Crippen LogP contribution in [0.4, 0.5) is 0 Å². The van der Waals surface area contributed by atoms with Gasteiger partial charge in [0.1, 0.15) is 11.6 Å². The van der Waals surface area contributed by atoms with Crippen molar-refractivity contribution in [3.8, 4) is 0 Å². The third kappa shape index (κ3) is 1.31. The predicted octanol–water partition coefficient (Wildman–Crippen LogP) is 3.83. The lowest BCUT2D eigenvalue weighted by molar-refractivity contribution is -0.967. The molecule has 0 unspecified atom stereocenters. The first-order valence-corrected chi connectivity index (χ1v) is 7.54. The molecule has 102 valence electrons. The normalized spacial score (nSPS) is 29.4. The molecular formula is C19H22N+. The Morgan fingerprint density at radius 3 is 2.40 bits per heavy atom. The van der Waals surface area contributed by atoms with Crippen LogP contribution in [0.25, 0.3) is 0 Å².